The van der Waals surface area contributed by atoms with Gasteiger partial charge in [0.25, 0.3) is 5.19 Å². The molecule has 0 aromatic carbocycles. The molecule has 2 atom stereocenters. The Kier molecular flexibility index (Phi) is 8.81. The number of aliphatic hydroxyl groups is 2. The Balaban J connectivity index is 0.000000261. The van der Waals surface area contributed by atoms with Gasteiger partial charge in [-0.3, -0.25) is 4.79 Å². The van der Waals surface area contributed by atoms with Crippen LogP contribution in [0.1, 0.15) is 55.5 Å². The molecule has 2 saturated carbocycles. The first-order valence-electron chi connectivity index (χ1n) is 12.7. The number of aromatic nitrogens is 1. The Morgan fingerprint density at radius 2 is 1.50 bits per heavy atom. The van der Waals surface area contributed by atoms with E-state index in [1.165, 1.54) is 42.9 Å². The summed E-state index contributed by atoms with van der Waals surface area (Å²) in [6.07, 6.45) is 6.26. The van der Waals surface area contributed by atoms with E-state index in [1.54, 1.807) is 11.3 Å². The molecular weight excluding hydrogens is 490 g/mol. The Hall–Kier alpha value is -2.28. The molecule has 1 amide bonds. The van der Waals surface area contributed by atoms with E-state index < -0.39 is 24.1 Å². The van der Waals surface area contributed by atoms with Crippen molar-refractivity contribution >= 4 is 29.2 Å². The molecule has 1 aromatic rings. The Labute approximate surface area is 213 Å². The third kappa shape index (κ3) is 6.72. The first kappa shape index (κ1) is 26.8. The quantitative estimate of drug-likeness (QED) is 0.400. The monoisotopic (exact) mass is 525 g/mol. The van der Waals surface area contributed by atoms with Gasteiger partial charge in [-0.05, 0) is 38.5 Å². The molecule has 4 aliphatic rings. The fourth-order valence-electron chi connectivity index (χ4n) is 4.72. The fourth-order valence-corrected chi connectivity index (χ4v) is 5.73. The minimum absolute atomic E-state index is 0.323. The van der Waals surface area contributed by atoms with Crippen LogP contribution in [0.3, 0.4) is 0 Å². The average molecular weight is 526 g/mol. The van der Waals surface area contributed by atoms with Gasteiger partial charge in [0.15, 0.2) is 12.2 Å². The highest BCUT2D eigenvalue weighted by Crippen LogP contribution is 2.34. The predicted molar refractivity (Wildman–Crippen MR) is 129 cm³/mol. The van der Waals surface area contributed by atoms with Gasteiger partial charge in [-0.2, -0.15) is 0 Å². The van der Waals surface area contributed by atoms with Gasteiger partial charge in [-0.15, -0.1) is 0 Å². The third-order valence-corrected chi connectivity index (χ3v) is 8.41. The second-order valence-electron chi connectivity index (χ2n) is 9.95. The summed E-state index contributed by atoms with van der Waals surface area (Å²) in [5, 5.41) is 33.4. The maximum absolute atomic E-state index is 12.3. The number of nitrogens with zero attached hydrogens (tertiary/aromatic N) is 3. The van der Waals surface area contributed by atoms with Crippen LogP contribution in [0.2, 0.25) is 0 Å². The lowest BCUT2D eigenvalue weighted by molar-refractivity contribution is -0.165. The zero-order valence-corrected chi connectivity index (χ0v) is 21.1. The van der Waals surface area contributed by atoms with E-state index in [0.29, 0.717) is 17.9 Å². The number of ether oxygens (including phenoxy) is 1. The summed E-state index contributed by atoms with van der Waals surface area (Å²) >= 11 is 1.72. The molecule has 2 aliphatic carbocycles. The van der Waals surface area contributed by atoms with Gasteiger partial charge in [-0.25, -0.2) is 14.6 Å². The summed E-state index contributed by atoms with van der Waals surface area (Å²) in [7, 11) is 0. The number of hydrogen-bond donors (Lipinski definition) is 4. The number of amides is 1. The van der Waals surface area contributed by atoms with Gasteiger partial charge >= 0.3 is 11.9 Å². The SMILES string of the molecule is O=C(C1CC1)N1CCc2nc(OC3CCN(C4CCC4)CC3)sc2CC1.O=C(O)C(O)C(O)C(=O)O. The lowest BCUT2D eigenvalue weighted by Gasteiger charge is -2.41. The molecule has 36 heavy (non-hydrogen) atoms. The van der Waals surface area contributed by atoms with Crippen LogP contribution in [0.4, 0.5) is 0 Å². The van der Waals surface area contributed by atoms with E-state index in [4.69, 9.17) is 30.1 Å². The van der Waals surface area contributed by atoms with Crippen molar-refractivity contribution in [2.45, 2.75) is 82.1 Å². The number of piperidine rings is 1. The van der Waals surface area contributed by atoms with E-state index in [9.17, 15) is 14.4 Å². The van der Waals surface area contributed by atoms with Crippen LogP contribution >= 0.6 is 11.3 Å². The smallest absolute Gasteiger partial charge is 0.335 e. The predicted octanol–water partition coefficient (Wildman–Crippen LogP) is 0.753. The van der Waals surface area contributed by atoms with Gasteiger partial charge in [0.05, 0.1) is 5.69 Å². The first-order chi connectivity index (χ1) is 17.2. The van der Waals surface area contributed by atoms with Crippen molar-refractivity contribution in [3.05, 3.63) is 10.6 Å². The van der Waals surface area contributed by atoms with E-state index in [2.05, 4.69) is 9.80 Å². The van der Waals surface area contributed by atoms with Crippen LogP contribution in [0.5, 0.6) is 5.19 Å². The van der Waals surface area contributed by atoms with Gasteiger partial charge in [0.1, 0.15) is 6.10 Å². The molecular formula is C24H35N3O8S. The Bertz CT molecular complexity index is 896. The van der Waals surface area contributed by atoms with Gasteiger partial charge in [0, 0.05) is 55.9 Å². The molecule has 0 radical (unpaired) electrons. The summed E-state index contributed by atoms with van der Waals surface area (Å²) in [5.41, 5.74) is 1.17. The zero-order chi connectivity index (χ0) is 25.8. The number of carbonyl (C=O) groups is 3. The van der Waals surface area contributed by atoms with E-state index in [-0.39, 0.29) is 0 Å². The highest BCUT2D eigenvalue weighted by atomic mass is 32.1. The normalized spacial score (nSPS) is 22.8. The van der Waals surface area contributed by atoms with Crippen LogP contribution in [0.25, 0.3) is 0 Å². The van der Waals surface area contributed by atoms with Crippen LogP contribution in [0, 0.1) is 5.92 Å². The van der Waals surface area contributed by atoms with Crippen molar-refractivity contribution in [1.82, 2.24) is 14.8 Å². The fraction of sp³-hybridized carbons (Fsp3) is 0.750. The minimum atomic E-state index is -2.27. The van der Waals surface area contributed by atoms with Gasteiger partial charge in [-0.1, -0.05) is 17.8 Å². The van der Waals surface area contributed by atoms with Gasteiger partial charge < -0.3 is 35.0 Å². The largest absolute Gasteiger partial charge is 0.479 e. The maximum atomic E-state index is 12.3. The molecule has 0 spiro atoms. The number of aliphatic carboxylic acids is 2. The molecule has 5 rings (SSSR count). The summed E-state index contributed by atoms with van der Waals surface area (Å²) in [6.45, 7) is 4.03. The number of fused-ring (bicyclic) bond motifs is 1. The number of aliphatic hydroxyl groups excluding tert-OH is 2. The van der Waals surface area contributed by atoms with Crippen LogP contribution in [-0.4, -0.2) is 104 Å². The maximum Gasteiger partial charge on any atom is 0.335 e. The van der Waals surface area contributed by atoms with Crippen molar-refractivity contribution in [3.8, 4) is 5.19 Å². The number of carboxylic acids is 2. The lowest BCUT2D eigenvalue weighted by Crippen LogP contribution is -2.46. The topological polar surface area (TPSA) is 161 Å². The number of rotatable bonds is 7. The van der Waals surface area contributed by atoms with Crippen LogP contribution < -0.4 is 4.74 Å². The Morgan fingerprint density at radius 1 is 0.889 bits per heavy atom. The van der Waals surface area contributed by atoms with E-state index >= 15 is 0 Å². The average Bonchev–Trinajstić information content (AvgIpc) is 3.63. The molecule has 12 heteroatoms. The summed E-state index contributed by atoms with van der Waals surface area (Å²) in [5.74, 6) is -2.84. The Morgan fingerprint density at radius 3 is 2.03 bits per heavy atom. The van der Waals surface area contributed by atoms with Crippen molar-refractivity contribution in [3.63, 3.8) is 0 Å². The van der Waals surface area contributed by atoms with Crippen LogP contribution in [0.15, 0.2) is 0 Å². The summed E-state index contributed by atoms with van der Waals surface area (Å²) in [6, 6.07) is 0.855. The zero-order valence-electron chi connectivity index (χ0n) is 20.3. The molecule has 1 aromatic heterocycles. The highest BCUT2D eigenvalue weighted by molar-refractivity contribution is 7.13. The standard InChI is InChI=1S/C20H29N3O2S.C4H6O6/c24-19(14-4-5-14)23-12-8-17-18(9-13-23)26-20(21-17)25-16-6-10-22(11-7-16)15-2-1-3-15;5-1(3(7)8)2(6)4(9)10/h14-16H,1-13H2;1-2,5-6H,(H,7,8)(H,9,10). The van der Waals surface area contributed by atoms with E-state index in [1.807, 2.05) is 0 Å². The second kappa shape index (κ2) is 11.8. The number of hydrogen-bond acceptors (Lipinski definition) is 9. The van der Waals surface area contributed by atoms with Crippen molar-refractivity contribution in [1.29, 1.82) is 0 Å². The first-order valence-corrected chi connectivity index (χ1v) is 13.5. The van der Waals surface area contributed by atoms with E-state index in [0.717, 1.165) is 62.8 Å². The molecule has 2 unspecified atom stereocenters. The molecule has 1 saturated heterocycles. The molecule has 0 bridgehead atoms. The number of carbonyl (C=O) groups excluding carboxylic acids is 1. The molecule has 3 heterocycles. The molecule has 200 valence electrons. The third-order valence-electron chi connectivity index (χ3n) is 7.36. The van der Waals surface area contributed by atoms with Crippen molar-refractivity contribution < 1.29 is 39.5 Å². The molecule has 2 aliphatic heterocycles. The number of carboxylic acid groups (broad SMARTS) is 2. The molecule has 4 N–H and O–H groups in total. The summed E-state index contributed by atoms with van der Waals surface area (Å²) in [4.78, 5) is 42.7. The lowest BCUT2D eigenvalue weighted by atomic mass is 9.90. The molecule has 3 fully saturated rings. The summed E-state index contributed by atoms with van der Waals surface area (Å²) < 4.78 is 6.25. The van der Waals surface area contributed by atoms with Gasteiger partial charge in [0.2, 0.25) is 5.91 Å². The minimum Gasteiger partial charge on any atom is -0.479 e. The van der Waals surface area contributed by atoms with Crippen LogP contribution in [-0.2, 0) is 27.2 Å². The highest BCUT2D eigenvalue weighted by Gasteiger charge is 2.35. The van der Waals surface area contributed by atoms with Crippen molar-refractivity contribution in [2.75, 3.05) is 26.2 Å². The molecule has 11 nitrogen and oxygen atoms in total. The van der Waals surface area contributed by atoms with Crippen molar-refractivity contribution in [2.24, 2.45) is 5.92 Å². The number of likely N-dealkylation sites (tertiary alicyclic amines) is 1. The number of thiazole rings is 1. The second-order valence-corrected chi connectivity index (χ2v) is 11.0.